The SMILES string of the molecule is COC(=O)CCc1ccc(NCCO)c(Cl)c1. The number of aliphatic hydroxyl groups excluding tert-OH is 1. The van der Waals surface area contributed by atoms with Crippen LogP contribution in [0.15, 0.2) is 18.2 Å². The first-order valence-corrected chi connectivity index (χ1v) is 5.75. The second kappa shape index (κ2) is 7.14. The number of methoxy groups -OCH3 is 1. The summed E-state index contributed by atoms with van der Waals surface area (Å²) in [7, 11) is 1.37. The zero-order valence-electron chi connectivity index (χ0n) is 9.70. The lowest BCUT2D eigenvalue weighted by Gasteiger charge is -2.08. The summed E-state index contributed by atoms with van der Waals surface area (Å²) in [6.07, 6.45) is 0.947. The van der Waals surface area contributed by atoms with E-state index >= 15 is 0 Å². The first kappa shape index (κ1) is 13.8. The van der Waals surface area contributed by atoms with Crippen molar-refractivity contribution >= 4 is 23.3 Å². The van der Waals surface area contributed by atoms with Crippen molar-refractivity contribution in [2.24, 2.45) is 0 Å². The number of aliphatic hydroxyl groups is 1. The van der Waals surface area contributed by atoms with Crippen LogP contribution in [0.25, 0.3) is 0 Å². The number of nitrogens with one attached hydrogen (secondary N) is 1. The van der Waals surface area contributed by atoms with Crippen molar-refractivity contribution in [1.82, 2.24) is 0 Å². The van der Waals surface area contributed by atoms with Crippen LogP contribution in [0.3, 0.4) is 0 Å². The van der Waals surface area contributed by atoms with Crippen LogP contribution in [0.5, 0.6) is 0 Å². The van der Waals surface area contributed by atoms with Gasteiger partial charge in [0.15, 0.2) is 0 Å². The molecule has 4 nitrogen and oxygen atoms in total. The number of esters is 1. The van der Waals surface area contributed by atoms with E-state index in [0.29, 0.717) is 24.4 Å². The molecule has 1 aromatic rings. The van der Waals surface area contributed by atoms with Crippen LogP contribution in [-0.4, -0.2) is 31.3 Å². The fraction of sp³-hybridized carbons (Fsp3) is 0.417. The largest absolute Gasteiger partial charge is 0.469 e. The van der Waals surface area contributed by atoms with Gasteiger partial charge in [-0.05, 0) is 24.1 Å². The van der Waals surface area contributed by atoms with Gasteiger partial charge in [-0.1, -0.05) is 17.7 Å². The molecule has 0 fully saturated rings. The Balaban J connectivity index is 2.58. The molecule has 0 saturated carbocycles. The molecule has 0 amide bonds. The van der Waals surface area contributed by atoms with E-state index in [2.05, 4.69) is 10.1 Å². The first-order chi connectivity index (χ1) is 8.17. The van der Waals surface area contributed by atoms with E-state index in [4.69, 9.17) is 16.7 Å². The lowest BCUT2D eigenvalue weighted by atomic mass is 10.1. The maximum atomic E-state index is 11.0. The van der Waals surface area contributed by atoms with E-state index in [9.17, 15) is 4.79 Å². The minimum atomic E-state index is -0.233. The van der Waals surface area contributed by atoms with Gasteiger partial charge in [0.25, 0.3) is 0 Å². The Morgan fingerprint density at radius 2 is 2.29 bits per heavy atom. The van der Waals surface area contributed by atoms with E-state index in [1.54, 1.807) is 0 Å². The molecule has 0 heterocycles. The van der Waals surface area contributed by atoms with Crippen molar-refractivity contribution in [1.29, 1.82) is 0 Å². The Morgan fingerprint density at radius 3 is 2.88 bits per heavy atom. The number of hydrogen-bond acceptors (Lipinski definition) is 4. The summed E-state index contributed by atoms with van der Waals surface area (Å²) >= 11 is 6.05. The third kappa shape index (κ3) is 4.63. The third-order valence-electron chi connectivity index (χ3n) is 2.31. The summed E-state index contributed by atoms with van der Waals surface area (Å²) in [5, 5.41) is 12.3. The average Bonchev–Trinajstić information content (AvgIpc) is 2.34. The summed E-state index contributed by atoms with van der Waals surface area (Å²) in [6.45, 7) is 0.516. The van der Waals surface area contributed by atoms with E-state index in [-0.39, 0.29) is 12.6 Å². The molecule has 5 heteroatoms. The molecule has 0 radical (unpaired) electrons. The van der Waals surface area contributed by atoms with Gasteiger partial charge in [0.05, 0.1) is 24.4 Å². The maximum Gasteiger partial charge on any atom is 0.305 e. The Bertz CT molecular complexity index is 382. The quantitative estimate of drug-likeness (QED) is 0.764. The van der Waals surface area contributed by atoms with Crippen LogP contribution in [0.4, 0.5) is 5.69 Å². The van der Waals surface area contributed by atoms with Crippen molar-refractivity contribution in [2.45, 2.75) is 12.8 Å². The molecule has 0 saturated heterocycles. The van der Waals surface area contributed by atoms with Gasteiger partial charge in [0.2, 0.25) is 0 Å². The summed E-state index contributed by atoms with van der Waals surface area (Å²) in [5.41, 5.74) is 1.76. The lowest BCUT2D eigenvalue weighted by Crippen LogP contribution is -2.06. The molecule has 1 aromatic carbocycles. The number of halogens is 1. The zero-order valence-corrected chi connectivity index (χ0v) is 10.5. The van der Waals surface area contributed by atoms with Crippen molar-refractivity contribution < 1.29 is 14.6 Å². The molecular formula is C12H16ClNO3. The predicted octanol–water partition coefficient (Wildman–Crippen LogP) is 1.85. The Kier molecular flexibility index (Phi) is 5.80. The number of hydrogen-bond donors (Lipinski definition) is 2. The van der Waals surface area contributed by atoms with Gasteiger partial charge in [0, 0.05) is 13.0 Å². The molecule has 17 heavy (non-hydrogen) atoms. The molecule has 0 aliphatic carbocycles. The van der Waals surface area contributed by atoms with Gasteiger partial charge in [-0.15, -0.1) is 0 Å². The normalized spacial score (nSPS) is 10.1. The summed E-state index contributed by atoms with van der Waals surface area (Å²) in [5.74, 6) is -0.233. The average molecular weight is 258 g/mol. The number of rotatable bonds is 6. The molecule has 0 aliphatic heterocycles. The minimum Gasteiger partial charge on any atom is -0.469 e. The highest BCUT2D eigenvalue weighted by Crippen LogP contribution is 2.23. The Labute approximate surface area is 106 Å². The fourth-order valence-corrected chi connectivity index (χ4v) is 1.67. The Morgan fingerprint density at radius 1 is 1.53 bits per heavy atom. The van der Waals surface area contributed by atoms with Crippen molar-refractivity contribution in [3.05, 3.63) is 28.8 Å². The molecule has 2 N–H and O–H groups in total. The first-order valence-electron chi connectivity index (χ1n) is 5.37. The van der Waals surface area contributed by atoms with E-state index in [0.717, 1.165) is 11.3 Å². The topological polar surface area (TPSA) is 58.6 Å². The van der Waals surface area contributed by atoms with E-state index in [1.807, 2.05) is 18.2 Å². The number of anilines is 1. The molecule has 0 spiro atoms. The van der Waals surface area contributed by atoms with Crippen LogP contribution in [0, 0.1) is 0 Å². The number of ether oxygens (including phenoxy) is 1. The number of benzene rings is 1. The summed E-state index contributed by atoms with van der Waals surface area (Å²) < 4.78 is 4.57. The molecule has 0 aromatic heterocycles. The van der Waals surface area contributed by atoms with Crippen LogP contribution >= 0.6 is 11.6 Å². The van der Waals surface area contributed by atoms with Gasteiger partial charge in [-0.2, -0.15) is 0 Å². The molecule has 0 aliphatic rings. The highest BCUT2D eigenvalue weighted by molar-refractivity contribution is 6.33. The predicted molar refractivity (Wildman–Crippen MR) is 67.4 cm³/mol. The van der Waals surface area contributed by atoms with Gasteiger partial charge < -0.3 is 15.2 Å². The van der Waals surface area contributed by atoms with Crippen LogP contribution in [0.2, 0.25) is 5.02 Å². The second-order valence-corrected chi connectivity index (χ2v) is 3.95. The number of carbonyl (C=O) groups excluding carboxylic acids is 1. The van der Waals surface area contributed by atoms with Crippen molar-refractivity contribution in [3.63, 3.8) is 0 Å². The third-order valence-corrected chi connectivity index (χ3v) is 2.62. The zero-order chi connectivity index (χ0) is 12.7. The van der Waals surface area contributed by atoms with E-state index in [1.165, 1.54) is 7.11 Å². The van der Waals surface area contributed by atoms with Gasteiger partial charge in [-0.25, -0.2) is 0 Å². The maximum absolute atomic E-state index is 11.0. The minimum absolute atomic E-state index is 0.0560. The van der Waals surface area contributed by atoms with Gasteiger partial charge in [0.1, 0.15) is 0 Å². The molecule has 94 valence electrons. The number of aryl methyl sites for hydroxylation is 1. The van der Waals surface area contributed by atoms with Crippen molar-refractivity contribution in [3.8, 4) is 0 Å². The van der Waals surface area contributed by atoms with Crippen molar-refractivity contribution in [2.75, 3.05) is 25.6 Å². The second-order valence-electron chi connectivity index (χ2n) is 3.54. The molecule has 0 atom stereocenters. The van der Waals surface area contributed by atoms with Gasteiger partial charge in [-0.3, -0.25) is 4.79 Å². The highest BCUT2D eigenvalue weighted by Gasteiger charge is 2.04. The Hall–Kier alpha value is -1.26. The monoisotopic (exact) mass is 257 g/mol. The summed E-state index contributed by atoms with van der Waals surface area (Å²) in [4.78, 5) is 11.0. The smallest absolute Gasteiger partial charge is 0.305 e. The molecule has 1 rings (SSSR count). The molecular weight excluding hydrogens is 242 g/mol. The van der Waals surface area contributed by atoms with Crippen LogP contribution in [-0.2, 0) is 16.0 Å². The highest BCUT2D eigenvalue weighted by atomic mass is 35.5. The fourth-order valence-electron chi connectivity index (χ4n) is 1.40. The van der Waals surface area contributed by atoms with Crippen LogP contribution in [0.1, 0.15) is 12.0 Å². The standard InChI is InChI=1S/C12H16ClNO3/c1-17-12(16)5-3-9-2-4-11(10(13)8-9)14-6-7-15/h2,4,8,14-15H,3,5-7H2,1H3. The van der Waals surface area contributed by atoms with Crippen LogP contribution < -0.4 is 5.32 Å². The van der Waals surface area contributed by atoms with E-state index < -0.39 is 0 Å². The number of carbonyl (C=O) groups is 1. The molecule has 0 bridgehead atoms. The summed E-state index contributed by atoms with van der Waals surface area (Å²) in [6, 6.07) is 5.54. The lowest BCUT2D eigenvalue weighted by molar-refractivity contribution is -0.140. The van der Waals surface area contributed by atoms with Gasteiger partial charge >= 0.3 is 5.97 Å². The molecule has 0 unspecified atom stereocenters.